The zero-order valence-electron chi connectivity index (χ0n) is 16.5. The van der Waals surface area contributed by atoms with E-state index in [0.29, 0.717) is 22.6 Å². The molecule has 0 aliphatic heterocycles. The van der Waals surface area contributed by atoms with E-state index in [4.69, 9.17) is 0 Å². The van der Waals surface area contributed by atoms with Gasteiger partial charge in [-0.25, -0.2) is 4.39 Å². The summed E-state index contributed by atoms with van der Waals surface area (Å²) in [5.41, 5.74) is 2.34. The first kappa shape index (κ1) is 19.6. The van der Waals surface area contributed by atoms with Crippen molar-refractivity contribution in [3.8, 4) is 17.1 Å². The molecule has 5 nitrogen and oxygen atoms in total. The third kappa shape index (κ3) is 4.19. The van der Waals surface area contributed by atoms with Crippen LogP contribution in [-0.2, 0) is 4.79 Å². The van der Waals surface area contributed by atoms with Crippen LogP contribution in [-0.4, -0.2) is 43.9 Å². The van der Waals surface area contributed by atoms with Gasteiger partial charge in [-0.15, -0.1) is 10.2 Å². The number of aryl methyl sites for hydroxylation is 1. The van der Waals surface area contributed by atoms with E-state index in [1.54, 1.807) is 18.2 Å². The summed E-state index contributed by atoms with van der Waals surface area (Å²) in [5.74, 6) is 0.458. The Morgan fingerprint density at radius 3 is 2.55 bits per heavy atom. The molecule has 7 heteroatoms. The van der Waals surface area contributed by atoms with E-state index in [2.05, 4.69) is 10.2 Å². The van der Waals surface area contributed by atoms with Crippen molar-refractivity contribution in [1.82, 2.24) is 19.7 Å². The van der Waals surface area contributed by atoms with Gasteiger partial charge in [0.1, 0.15) is 5.82 Å². The summed E-state index contributed by atoms with van der Waals surface area (Å²) in [7, 11) is 0. The van der Waals surface area contributed by atoms with Gasteiger partial charge in [0.05, 0.1) is 11.3 Å². The molecule has 3 aromatic rings. The monoisotopic (exact) mass is 410 g/mol. The molecule has 1 aromatic heterocycles. The molecule has 1 heterocycles. The van der Waals surface area contributed by atoms with Crippen molar-refractivity contribution < 1.29 is 9.18 Å². The highest BCUT2D eigenvalue weighted by molar-refractivity contribution is 7.99. The first-order valence-corrected chi connectivity index (χ1v) is 10.8. The van der Waals surface area contributed by atoms with E-state index >= 15 is 0 Å². The van der Waals surface area contributed by atoms with E-state index in [1.807, 2.05) is 47.6 Å². The van der Waals surface area contributed by atoms with Crippen molar-refractivity contribution >= 4 is 17.7 Å². The quantitative estimate of drug-likeness (QED) is 0.539. The number of hydrogen-bond acceptors (Lipinski definition) is 4. The topological polar surface area (TPSA) is 51.0 Å². The Labute approximate surface area is 173 Å². The van der Waals surface area contributed by atoms with E-state index in [1.165, 1.54) is 17.8 Å². The van der Waals surface area contributed by atoms with E-state index < -0.39 is 0 Å². The van der Waals surface area contributed by atoms with Gasteiger partial charge >= 0.3 is 0 Å². The van der Waals surface area contributed by atoms with Crippen LogP contribution in [0.4, 0.5) is 4.39 Å². The molecule has 4 rings (SSSR count). The molecule has 0 radical (unpaired) electrons. The highest BCUT2D eigenvalue weighted by Gasteiger charge is 2.31. The Balaban J connectivity index is 1.67. The zero-order valence-corrected chi connectivity index (χ0v) is 17.3. The molecule has 0 bridgehead atoms. The van der Waals surface area contributed by atoms with E-state index in [-0.39, 0.29) is 17.5 Å². The molecule has 0 saturated heterocycles. The molecular formula is C22H23FN4OS. The van der Waals surface area contributed by atoms with Crippen LogP contribution in [0.5, 0.6) is 0 Å². The molecule has 1 amide bonds. The number of benzene rings is 2. The van der Waals surface area contributed by atoms with Crippen molar-refractivity contribution in [2.24, 2.45) is 0 Å². The van der Waals surface area contributed by atoms with Crippen molar-refractivity contribution in [3.05, 3.63) is 59.9 Å². The first-order valence-electron chi connectivity index (χ1n) is 9.78. The Hall–Kier alpha value is -2.67. The summed E-state index contributed by atoms with van der Waals surface area (Å²) in [5, 5.41) is 9.13. The van der Waals surface area contributed by atoms with Crippen LogP contribution >= 0.6 is 11.8 Å². The number of amides is 1. The van der Waals surface area contributed by atoms with Crippen LogP contribution < -0.4 is 0 Å². The maximum absolute atomic E-state index is 14.5. The van der Waals surface area contributed by atoms with Gasteiger partial charge in [0, 0.05) is 18.3 Å². The standard InChI is InChI=1S/C22H23FN4OS/c1-3-26(16-12-13-16)20(28)14-29-22-25-24-21(18-6-4-5-7-19(18)23)27(22)17-10-8-15(2)9-11-17/h4-11,16H,3,12-14H2,1-2H3. The summed E-state index contributed by atoms with van der Waals surface area (Å²) in [4.78, 5) is 14.6. The molecular weight excluding hydrogens is 387 g/mol. The summed E-state index contributed by atoms with van der Waals surface area (Å²) in [6.07, 6.45) is 2.17. The lowest BCUT2D eigenvalue weighted by molar-refractivity contribution is -0.128. The number of aromatic nitrogens is 3. The molecule has 2 aromatic carbocycles. The Bertz CT molecular complexity index is 1010. The van der Waals surface area contributed by atoms with Gasteiger partial charge in [0.2, 0.25) is 5.91 Å². The van der Waals surface area contributed by atoms with Gasteiger partial charge in [-0.1, -0.05) is 41.6 Å². The molecule has 1 aliphatic carbocycles. The lowest BCUT2D eigenvalue weighted by atomic mass is 10.2. The second kappa shape index (κ2) is 8.37. The van der Waals surface area contributed by atoms with Gasteiger partial charge in [-0.2, -0.15) is 0 Å². The molecule has 0 unspecified atom stereocenters. The van der Waals surface area contributed by atoms with Gasteiger partial charge in [0.15, 0.2) is 11.0 Å². The van der Waals surface area contributed by atoms with Crippen LogP contribution in [0.15, 0.2) is 53.7 Å². The molecule has 0 spiro atoms. The molecule has 29 heavy (non-hydrogen) atoms. The SMILES string of the molecule is CCN(C(=O)CSc1nnc(-c2ccccc2F)n1-c1ccc(C)cc1)C1CC1. The van der Waals surface area contributed by atoms with Gasteiger partial charge < -0.3 is 4.90 Å². The number of halogens is 1. The maximum Gasteiger partial charge on any atom is 0.233 e. The number of carbonyl (C=O) groups excluding carboxylic acids is 1. The zero-order chi connectivity index (χ0) is 20.4. The Morgan fingerprint density at radius 2 is 1.90 bits per heavy atom. The fraction of sp³-hybridized carbons (Fsp3) is 0.318. The average molecular weight is 411 g/mol. The number of rotatable bonds is 7. The molecule has 1 saturated carbocycles. The lowest BCUT2D eigenvalue weighted by Crippen LogP contribution is -2.34. The van der Waals surface area contributed by atoms with Crippen LogP contribution in [0.1, 0.15) is 25.3 Å². The fourth-order valence-corrected chi connectivity index (χ4v) is 4.18. The predicted octanol–water partition coefficient (Wildman–Crippen LogP) is 4.48. The number of thioether (sulfide) groups is 1. The largest absolute Gasteiger partial charge is 0.339 e. The first-order chi connectivity index (χ1) is 14.1. The van der Waals surface area contributed by atoms with E-state index in [0.717, 1.165) is 30.6 Å². The summed E-state index contributed by atoms with van der Waals surface area (Å²) < 4.78 is 16.3. The number of hydrogen-bond donors (Lipinski definition) is 0. The molecule has 1 fully saturated rings. The third-order valence-corrected chi connectivity index (χ3v) is 5.93. The van der Waals surface area contributed by atoms with E-state index in [9.17, 15) is 9.18 Å². The fourth-order valence-electron chi connectivity index (χ4n) is 3.34. The van der Waals surface area contributed by atoms with Crippen molar-refractivity contribution in [2.75, 3.05) is 12.3 Å². The molecule has 0 N–H and O–H groups in total. The smallest absolute Gasteiger partial charge is 0.233 e. The lowest BCUT2D eigenvalue weighted by Gasteiger charge is -2.20. The minimum Gasteiger partial charge on any atom is -0.339 e. The van der Waals surface area contributed by atoms with Crippen molar-refractivity contribution in [3.63, 3.8) is 0 Å². The van der Waals surface area contributed by atoms with Crippen LogP contribution in [0, 0.1) is 12.7 Å². The van der Waals surface area contributed by atoms with Gasteiger partial charge in [0.25, 0.3) is 0 Å². The van der Waals surface area contributed by atoms with Crippen molar-refractivity contribution in [2.45, 2.75) is 37.9 Å². The number of carbonyl (C=O) groups is 1. The average Bonchev–Trinajstić information content (AvgIpc) is 3.47. The van der Waals surface area contributed by atoms with Gasteiger partial charge in [-0.05, 0) is 51.0 Å². The summed E-state index contributed by atoms with van der Waals surface area (Å²) in [6, 6.07) is 14.8. The molecule has 0 atom stereocenters. The van der Waals surface area contributed by atoms with Crippen LogP contribution in [0.25, 0.3) is 17.1 Å². The second-order valence-electron chi connectivity index (χ2n) is 7.16. The summed E-state index contributed by atoms with van der Waals surface area (Å²) in [6.45, 7) is 4.74. The Kier molecular flexibility index (Phi) is 5.67. The van der Waals surface area contributed by atoms with Crippen LogP contribution in [0.3, 0.4) is 0 Å². The minimum atomic E-state index is -0.355. The Morgan fingerprint density at radius 1 is 1.17 bits per heavy atom. The molecule has 150 valence electrons. The maximum atomic E-state index is 14.5. The number of nitrogens with zero attached hydrogens (tertiary/aromatic N) is 4. The van der Waals surface area contributed by atoms with Gasteiger partial charge in [-0.3, -0.25) is 9.36 Å². The third-order valence-electron chi connectivity index (χ3n) is 5.01. The predicted molar refractivity (Wildman–Crippen MR) is 113 cm³/mol. The summed E-state index contributed by atoms with van der Waals surface area (Å²) >= 11 is 1.34. The minimum absolute atomic E-state index is 0.103. The highest BCUT2D eigenvalue weighted by Crippen LogP contribution is 2.31. The molecule has 1 aliphatic rings. The normalized spacial score (nSPS) is 13.5. The van der Waals surface area contributed by atoms with Crippen LogP contribution in [0.2, 0.25) is 0 Å². The van der Waals surface area contributed by atoms with Crippen molar-refractivity contribution in [1.29, 1.82) is 0 Å². The second-order valence-corrected chi connectivity index (χ2v) is 8.10. The highest BCUT2D eigenvalue weighted by atomic mass is 32.2.